The molecule has 0 atom stereocenters. The van der Waals surface area contributed by atoms with Crippen molar-refractivity contribution in [2.45, 2.75) is 179 Å². The highest BCUT2D eigenvalue weighted by atomic mass is 79.9. The molecule has 490 valence electrons. The van der Waals surface area contributed by atoms with E-state index in [2.05, 4.69) is 153 Å². The average molecular weight is 1370 g/mol. The van der Waals surface area contributed by atoms with Crippen LogP contribution in [0.5, 0.6) is 11.8 Å². The molecule has 0 aliphatic heterocycles. The van der Waals surface area contributed by atoms with E-state index >= 15 is 0 Å². The molecule has 0 N–H and O–H groups in total. The van der Waals surface area contributed by atoms with Crippen molar-refractivity contribution in [1.82, 2.24) is 39.2 Å². The lowest BCUT2D eigenvalue weighted by Gasteiger charge is -2.29. The van der Waals surface area contributed by atoms with Crippen LogP contribution in [0.4, 0.5) is 11.6 Å². The number of fused-ring (bicyclic) bond motifs is 2. The SMILES string of the molecule is C[Si](C)(C)CCOCN(COCC[Si](C)(C)C)c1c(Br)c(OC2CCCCC2)nc2c(-c3ccc(-c4ccccc4)nc3)cnn12.C[Si](C)(C)CCOCN(COCC[Si](C)(C)C)c1cc(OC2CCCCC2)nc2c(-c3ccc(-c4ccccc4)nc3)cnn12. The van der Waals surface area contributed by atoms with Crippen LogP contribution >= 0.6 is 15.9 Å². The van der Waals surface area contributed by atoms with E-state index in [1.807, 2.05) is 76.3 Å². The second kappa shape index (κ2) is 32.5. The second-order valence-corrected chi connectivity index (χ2v) is 52.7. The Morgan fingerprint density at radius 2 is 0.857 bits per heavy atom. The van der Waals surface area contributed by atoms with E-state index in [1.165, 1.54) is 38.5 Å². The molecule has 16 nitrogen and oxygen atoms in total. The summed E-state index contributed by atoms with van der Waals surface area (Å²) in [5, 5.41) is 9.73. The van der Waals surface area contributed by atoms with Gasteiger partial charge in [-0.3, -0.25) is 9.97 Å². The zero-order chi connectivity index (χ0) is 64.6. The number of nitrogens with zero attached hydrogens (tertiary/aromatic N) is 10. The van der Waals surface area contributed by atoms with Crippen molar-refractivity contribution < 1.29 is 28.4 Å². The Morgan fingerprint density at radius 3 is 1.27 bits per heavy atom. The van der Waals surface area contributed by atoms with E-state index in [0.29, 0.717) is 57.5 Å². The summed E-state index contributed by atoms with van der Waals surface area (Å²) >= 11 is 3.91. The van der Waals surface area contributed by atoms with E-state index in [-0.39, 0.29) is 12.2 Å². The third kappa shape index (κ3) is 21.2. The number of anilines is 2. The summed E-state index contributed by atoms with van der Waals surface area (Å²) in [6.07, 6.45) is 19.3. The van der Waals surface area contributed by atoms with Gasteiger partial charge in [-0.1, -0.05) is 164 Å². The fourth-order valence-corrected chi connectivity index (χ4v) is 14.4. The first-order valence-electron chi connectivity index (χ1n) is 33.2. The maximum Gasteiger partial charge on any atom is 0.234 e. The zero-order valence-corrected chi connectivity index (χ0v) is 62.1. The molecule has 91 heavy (non-hydrogen) atoms. The molecular weight excluding hydrogens is 1270 g/mol. The van der Waals surface area contributed by atoms with Gasteiger partial charge >= 0.3 is 0 Å². The average Bonchev–Trinajstić information content (AvgIpc) is 2.24. The molecule has 8 aromatic rings. The van der Waals surface area contributed by atoms with E-state index < -0.39 is 32.3 Å². The molecule has 10 rings (SSSR count). The lowest BCUT2D eigenvalue weighted by Crippen LogP contribution is -2.33. The highest BCUT2D eigenvalue weighted by Crippen LogP contribution is 2.40. The fourth-order valence-electron chi connectivity index (χ4n) is 10.8. The molecule has 0 radical (unpaired) electrons. The fraction of sp³-hybridized carbons (Fsp3) is 0.514. The minimum Gasteiger partial charge on any atom is -0.474 e. The van der Waals surface area contributed by atoms with Crippen LogP contribution in [0.25, 0.3) is 56.1 Å². The third-order valence-corrected chi connectivity index (χ3v) is 24.0. The Bertz CT molecular complexity index is 3460. The van der Waals surface area contributed by atoms with E-state index in [1.54, 1.807) is 0 Å². The van der Waals surface area contributed by atoms with Crippen molar-refractivity contribution in [3.8, 4) is 56.5 Å². The number of hydrogen-bond acceptors (Lipinski definition) is 14. The Morgan fingerprint density at radius 1 is 0.451 bits per heavy atom. The molecule has 0 spiro atoms. The summed E-state index contributed by atoms with van der Waals surface area (Å²) in [6.45, 7) is 32.9. The number of aromatic nitrogens is 8. The largest absolute Gasteiger partial charge is 0.474 e. The molecule has 2 saturated carbocycles. The highest BCUT2D eigenvalue weighted by molar-refractivity contribution is 9.10. The first-order valence-corrected chi connectivity index (χ1v) is 48.8. The van der Waals surface area contributed by atoms with Crippen LogP contribution in [0.3, 0.4) is 0 Å². The Balaban J connectivity index is 0.000000215. The molecule has 21 heteroatoms. The lowest BCUT2D eigenvalue weighted by atomic mass is 9.98. The smallest absolute Gasteiger partial charge is 0.234 e. The van der Waals surface area contributed by atoms with Crippen molar-refractivity contribution in [2.75, 3.05) is 63.2 Å². The van der Waals surface area contributed by atoms with Gasteiger partial charge in [0.2, 0.25) is 11.8 Å². The molecule has 0 amide bonds. The molecule has 6 heterocycles. The van der Waals surface area contributed by atoms with Crippen molar-refractivity contribution in [3.63, 3.8) is 0 Å². The molecule has 0 bridgehead atoms. The molecule has 2 aromatic carbocycles. The van der Waals surface area contributed by atoms with Crippen LogP contribution in [0, 0.1) is 0 Å². The molecule has 6 aromatic heterocycles. The minimum absolute atomic E-state index is 0.139. The van der Waals surface area contributed by atoms with Gasteiger partial charge in [-0.25, -0.2) is 0 Å². The predicted octanol–water partition coefficient (Wildman–Crippen LogP) is 18.0. The van der Waals surface area contributed by atoms with Crippen molar-refractivity contribution >= 4 is 71.2 Å². The van der Waals surface area contributed by atoms with E-state index in [9.17, 15) is 0 Å². The first-order chi connectivity index (χ1) is 43.5. The molecular formula is C70H101BrN10O6Si4. The molecule has 0 saturated heterocycles. The normalized spacial score (nSPS) is 14.6. The van der Waals surface area contributed by atoms with Crippen LogP contribution in [-0.4, -0.2) is 137 Å². The van der Waals surface area contributed by atoms with Gasteiger partial charge in [-0.15, -0.1) is 0 Å². The highest BCUT2D eigenvalue weighted by Gasteiger charge is 2.28. The first kappa shape index (κ1) is 69.7. The van der Waals surface area contributed by atoms with Crippen molar-refractivity contribution in [2.24, 2.45) is 0 Å². The number of benzene rings is 2. The van der Waals surface area contributed by atoms with Gasteiger partial charge in [0.1, 0.15) is 49.4 Å². The predicted molar refractivity (Wildman–Crippen MR) is 387 cm³/mol. The second-order valence-electron chi connectivity index (χ2n) is 29.4. The van der Waals surface area contributed by atoms with Gasteiger partial charge in [0.15, 0.2) is 17.1 Å². The van der Waals surface area contributed by atoms with Crippen molar-refractivity contribution in [3.05, 3.63) is 120 Å². The lowest BCUT2D eigenvalue weighted by molar-refractivity contribution is 0.0937. The van der Waals surface area contributed by atoms with Gasteiger partial charge in [0.25, 0.3) is 0 Å². The monoisotopic (exact) mass is 1370 g/mol. The number of ether oxygens (including phenoxy) is 6. The minimum atomic E-state index is -1.24. The summed E-state index contributed by atoms with van der Waals surface area (Å²) in [4.78, 5) is 24.0. The van der Waals surface area contributed by atoms with Crippen LogP contribution in [0.15, 0.2) is 120 Å². The Kier molecular flexibility index (Phi) is 24.9. The number of halogens is 1. The molecule has 2 fully saturated rings. The van der Waals surface area contributed by atoms with Crippen LogP contribution in [0.1, 0.15) is 64.2 Å². The zero-order valence-electron chi connectivity index (χ0n) is 56.5. The number of rotatable bonds is 30. The van der Waals surface area contributed by atoms with Gasteiger partial charge in [0.05, 0.1) is 23.8 Å². The van der Waals surface area contributed by atoms with E-state index in [4.69, 9.17) is 58.6 Å². The third-order valence-electron chi connectivity index (χ3n) is 16.5. The summed E-state index contributed by atoms with van der Waals surface area (Å²) < 4.78 is 43.0. The van der Waals surface area contributed by atoms with Crippen LogP contribution in [-0.2, 0) is 18.9 Å². The number of hydrogen-bond donors (Lipinski definition) is 0. The number of pyridine rings is 2. The van der Waals surface area contributed by atoms with Gasteiger partial charge in [-0.2, -0.15) is 29.2 Å². The Hall–Kier alpha value is -5.63. The Labute approximate surface area is 554 Å². The van der Waals surface area contributed by atoms with Crippen molar-refractivity contribution in [1.29, 1.82) is 0 Å². The maximum absolute atomic E-state index is 6.65. The standard InChI is InChI=1S/C35H50BrN5O3Si2.C35H51N5O3Si2/c1-45(2,3)21-19-42-25-40(26-43-20-22-46(4,5)6)35-32(36)34(44-29-15-11-8-12-16-29)39-33-30(24-38-41(33)35)28-17-18-31(37-23-28)27-13-9-7-10-14-27;1-44(2,3)21-19-41-26-39(27-42-20-22-45(4,5)6)34-23-33(43-30-15-11-8-12-16-30)38-35-31(25-37-40(34)35)29-17-18-32(36-24-29)28-13-9-7-10-14-28/h7,9-10,13-14,17-18,23-24,29H,8,11-12,15-16,19-22,25-26H2,1-6H3;7,9-10,13-14,17-18,23-25,30H,8,11-12,15-16,19-22,26-27H2,1-6H3. The van der Waals surface area contributed by atoms with Gasteiger partial charge < -0.3 is 38.2 Å². The van der Waals surface area contributed by atoms with Crippen LogP contribution in [0.2, 0.25) is 103 Å². The van der Waals surface area contributed by atoms with Crippen LogP contribution < -0.4 is 19.3 Å². The molecule has 2 aliphatic rings. The van der Waals surface area contributed by atoms with Gasteiger partial charge in [0, 0.05) is 111 Å². The topological polar surface area (TPSA) is 148 Å². The van der Waals surface area contributed by atoms with Gasteiger partial charge in [-0.05, 0) is 104 Å². The van der Waals surface area contributed by atoms with E-state index in [0.717, 1.165) is 130 Å². The quantitative estimate of drug-likeness (QED) is 0.0239. The summed E-state index contributed by atoms with van der Waals surface area (Å²) in [5.41, 5.74) is 9.20. The summed E-state index contributed by atoms with van der Waals surface area (Å²) in [7, 11) is -4.93. The summed E-state index contributed by atoms with van der Waals surface area (Å²) in [5.74, 6) is 2.87. The molecule has 2 aliphatic carbocycles. The summed E-state index contributed by atoms with van der Waals surface area (Å²) in [6, 6.07) is 35.2. The molecule has 0 unspecified atom stereocenters. The maximum atomic E-state index is 6.65.